The van der Waals surface area contributed by atoms with Gasteiger partial charge in [0, 0.05) is 17.9 Å². The zero-order valence-corrected chi connectivity index (χ0v) is 11.5. The normalized spacial score (nSPS) is 20.4. The fourth-order valence-corrected chi connectivity index (χ4v) is 3.31. The van der Waals surface area contributed by atoms with E-state index < -0.39 is 15.3 Å². The van der Waals surface area contributed by atoms with E-state index in [1.165, 1.54) is 16.7 Å². The first kappa shape index (κ1) is 13.4. The van der Waals surface area contributed by atoms with Crippen LogP contribution in [-0.2, 0) is 14.8 Å². The van der Waals surface area contributed by atoms with E-state index in [0.29, 0.717) is 0 Å². The van der Waals surface area contributed by atoms with E-state index in [0.717, 1.165) is 10.6 Å². The molecule has 1 heterocycles. The van der Waals surface area contributed by atoms with Crippen LogP contribution in [0.5, 0.6) is 0 Å². The van der Waals surface area contributed by atoms with Crippen molar-refractivity contribution in [3.8, 4) is 0 Å². The van der Waals surface area contributed by atoms with Crippen molar-refractivity contribution in [2.24, 2.45) is 5.14 Å². The summed E-state index contributed by atoms with van der Waals surface area (Å²) in [6.45, 7) is 0.134. The van der Waals surface area contributed by atoms with Gasteiger partial charge in [0.1, 0.15) is 5.25 Å². The first-order valence-electron chi connectivity index (χ1n) is 5.38. The molecule has 1 aliphatic rings. The fraction of sp³-hybridized carbons (Fsp3) is 0.364. The Labute approximate surface area is 110 Å². The standard InChI is InChI=1S/C11H14N2O3S2/c1-17-10-5-3-2-4-9(10)13-7-8(6-11(13)14)18(12,15)16/h2-5,8H,6-7H2,1H3,(H2,12,15,16). The minimum absolute atomic E-state index is 0.0401. The molecule has 0 aliphatic carbocycles. The van der Waals surface area contributed by atoms with Crippen LogP contribution in [0.15, 0.2) is 29.2 Å². The van der Waals surface area contributed by atoms with Gasteiger partial charge in [-0.3, -0.25) is 4.79 Å². The Kier molecular flexibility index (Phi) is 3.65. The Balaban J connectivity index is 2.33. The maximum Gasteiger partial charge on any atom is 0.228 e. The number of anilines is 1. The fourth-order valence-electron chi connectivity index (χ4n) is 1.98. The zero-order valence-electron chi connectivity index (χ0n) is 9.87. The van der Waals surface area contributed by atoms with Crippen LogP contribution in [0.1, 0.15) is 6.42 Å². The summed E-state index contributed by atoms with van der Waals surface area (Å²) in [5.74, 6) is -0.199. The van der Waals surface area contributed by atoms with Crippen molar-refractivity contribution < 1.29 is 13.2 Å². The van der Waals surface area contributed by atoms with Gasteiger partial charge in [-0.25, -0.2) is 13.6 Å². The second kappa shape index (κ2) is 4.91. The van der Waals surface area contributed by atoms with E-state index in [4.69, 9.17) is 5.14 Å². The number of rotatable bonds is 3. The third-order valence-corrected chi connectivity index (χ3v) is 4.96. The van der Waals surface area contributed by atoms with Gasteiger partial charge >= 0.3 is 0 Å². The maximum absolute atomic E-state index is 11.9. The molecule has 5 nitrogen and oxygen atoms in total. The Morgan fingerprint density at radius 3 is 2.61 bits per heavy atom. The molecule has 0 saturated carbocycles. The van der Waals surface area contributed by atoms with E-state index in [-0.39, 0.29) is 18.9 Å². The van der Waals surface area contributed by atoms with Gasteiger partial charge in [-0.15, -0.1) is 11.8 Å². The van der Waals surface area contributed by atoms with Crippen molar-refractivity contribution in [2.45, 2.75) is 16.6 Å². The van der Waals surface area contributed by atoms with Crippen LogP contribution in [0.25, 0.3) is 0 Å². The van der Waals surface area contributed by atoms with Gasteiger partial charge in [0.25, 0.3) is 0 Å². The summed E-state index contributed by atoms with van der Waals surface area (Å²) in [5, 5.41) is 4.30. The van der Waals surface area contributed by atoms with E-state index in [9.17, 15) is 13.2 Å². The Morgan fingerprint density at radius 2 is 2.06 bits per heavy atom. The number of amides is 1. The Bertz CT molecular complexity index is 571. The largest absolute Gasteiger partial charge is 0.310 e. The quantitative estimate of drug-likeness (QED) is 0.834. The topological polar surface area (TPSA) is 80.5 Å². The molecule has 1 aliphatic heterocycles. The second-order valence-corrected chi connectivity index (χ2v) is 6.78. The molecule has 0 spiro atoms. The molecule has 98 valence electrons. The van der Waals surface area contributed by atoms with Crippen molar-refractivity contribution in [1.82, 2.24) is 0 Å². The number of nitrogens with zero attached hydrogens (tertiary/aromatic N) is 1. The smallest absolute Gasteiger partial charge is 0.228 e. The highest BCUT2D eigenvalue weighted by Gasteiger charge is 2.37. The van der Waals surface area contributed by atoms with Gasteiger partial charge in [0.05, 0.1) is 5.69 Å². The van der Waals surface area contributed by atoms with Gasteiger partial charge in [-0.05, 0) is 18.4 Å². The summed E-state index contributed by atoms with van der Waals surface area (Å²) in [6, 6.07) is 7.42. The van der Waals surface area contributed by atoms with E-state index in [1.54, 1.807) is 0 Å². The minimum Gasteiger partial charge on any atom is -0.310 e. The van der Waals surface area contributed by atoms with Crippen LogP contribution in [-0.4, -0.2) is 32.4 Å². The number of hydrogen-bond acceptors (Lipinski definition) is 4. The summed E-state index contributed by atoms with van der Waals surface area (Å²) < 4.78 is 22.6. The summed E-state index contributed by atoms with van der Waals surface area (Å²) in [4.78, 5) is 14.3. The van der Waals surface area contributed by atoms with E-state index in [2.05, 4.69) is 0 Å². The molecule has 1 aromatic carbocycles. The predicted octanol–water partition coefficient (Wildman–Crippen LogP) is 0.802. The van der Waals surface area contributed by atoms with Crippen molar-refractivity contribution in [3.05, 3.63) is 24.3 Å². The van der Waals surface area contributed by atoms with Crippen molar-refractivity contribution in [1.29, 1.82) is 0 Å². The van der Waals surface area contributed by atoms with E-state index in [1.807, 2.05) is 30.5 Å². The molecular weight excluding hydrogens is 272 g/mol. The molecule has 1 unspecified atom stereocenters. The average Bonchev–Trinajstić information content (AvgIpc) is 2.71. The molecule has 1 fully saturated rings. The molecule has 2 N–H and O–H groups in total. The number of carbonyl (C=O) groups is 1. The molecular formula is C11H14N2O3S2. The number of primary sulfonamides is 1. The van der Waals surface area contributed by atoms with Gasteiger partial charge in [0.15, 0.2) is 0 Å². The molecule has 1 atom stereocenters. The summed E-state index contributed by atoms with van der Waals surface area (Å²) in [6.07, 6.45) is 1.87. The number of hydrogen-bond donors (Lipinski definition) is 1. The highest BCUT2D eigenvalue weighted by Crippen LogP contribution is 2.32. The molecule has 7 heteroatoms. The lowest BCUT2D eigenvalue weighted by Gasteiger charge is -2.19. The lowest BCUT2D eigenvalue weighted by atomic mass is 10.3. The highest BCUT2D eigenvalue weighted by atomic mass is 32.2. The van der Waals surface area contributed by atoms with Crippen molar-refractivity contribution >= 4 is 33.4 Å². The number of thioether (sulfide) groups is 1. The molecule has 18 heavy (non-hydrogen) atoms. The Morgan fingerprint density at radius 1 is 1.39 bits per heavy atom. The summed E-state index contributed by atoms with van der Waals surface area (Å²) >= 11 is 1.52. The number of nitrogens with two attached hydrogens (primary N) is 1. The summed E-state index contributed by atoms with van der Waals surface area (Å²) in [7, 11) is -3.67. The second-order valence-electron chi connectivity index (χ2n) is 4.09. The first-order chi connectivity index (χ1) is 8.43. The lowest BCUT2D eigenvalue weighted by molar-refractivity contribution is -0.117. The summed E-state index contributed by atoms with van der Waals surface area (Å²) in [5.41, 5.74) is 0.751. The molecule has 2 rings (SSSR count). The van der Waals surface area contributed by atoms with Gasteiger partial charge in [0.2, 0.25) is 15.9 Å². The van der Waals surface area contributed by atoms with Crippen molar-refractivity contribution in [3.63, 3.8) is 0 Å². The molecule has 0 bridgehead atoms. The number of sulfonamides is 1. The molecule has 0 radical (unpaired) electrons. The minimum atomic E-state index is -3.67. The number of carbonyl (C=O) groups excluding carboxylic acids is 1. The maximum atomic E-state index is 11.9. The zero-order chi connectivity index (χ0) is 13.3. The SMILES string of the molecule is CSc1ccccc1N1CC(S(N)(=O)=O)CC1=O. The van der Waals surface area contributed by atoms with Crippen LogP contribution >= 0.6 is 11.8 Å². The average molecular weight is 286 g/mol. The molecule has 0 aromatic heterocycles. The van der Waals surface area contributed by atoms with Gasteiger partial charge in [-0.1, -0.05) is 12.1 Å². The first-order valence-corrected chi connectivity index (χ1v) is 8.22. The molecule has 1 saturated heterocycles. The highest BCUT2D eigenvalue weighted by molar-refractivity contribution is 7.98. The monoisotopic (exact) mass is 286 g/mol. The third kappa shape index (κ3) is 2.52. The number of para-hydroxylation sites is 1. The van der Waals surface area contributed by atoms with Crippen LogP contribution in [0.2, 0.25) is 0 Å². The molecule has 1 amide bonds. The lowest BCUT2D eigenvalue weighted by Crippen LogP contribution is -2.32. The Hall–Kier alpha value is -1.05. The van der Waals surface area contributed by atoms with Gasteiger partial charge in [-0.2, -0.15) is 0 Å². The van der Waals surface area contributed by atoms with Crippen LogP contribution in [0, 0.1) is 0 Å². The number of benzene rings is 1. The van der Waals surface area contributed by atoms with Crippen LogP contribution in [0.3, 0.4) is 0 Å². The van der Waals surface area contributed by atoms with Crippen LogP contribution in [0.4, 0.5) is 5.69 Å². The van der Waals surface area contributed by atoms with Crippen molar-refractivity contribution in [2.75, 3.05) is 17.7 Å². The van der Waals surface area contributed by atoms with Gasteiger partial charge < -0.3 is 4.90 Å². The van der Waals surface area contributed by atoms with Crippen LogP contribution < -0.4 is 10.0 Å². The van der Waals surface area contributed by atoms with E-state index >= 15 is 0 Å². The third-order valence-electron chi connectivity index (χ3n) is 2.93. The molecule has 1 aromatic rings. The predicted molar refractivity (Wildman–Crippen MR) is 72.1 cm³/mol.